The molecule has 10 heteroatoms. The molecule has 8 nitrogen and oxygen atoms in total. The van der Waals surface area contributed by atoms with Gasteiger partial charge in [-0.05, 0) is 30.7 Å². The van der Waals surface area contributed by atoms with Gasteiger partial charge in [-0.2, -0.15) is 0 Å². The number of nitrogens with one attached hydrogen (secondary N) is 2. The lowest BCUT2D eigenvalue weighted by atomic mass is 10.1. The van der Waals surface area contributed by atoms with E-state index >= 15 is 0 Å². The van der Waals surface area contributed by atoms with E-state index in [1.165, 1.54) is 18.2 Å². The first-order valence-electron chi connectivity index (χ1n) is 9.21. The molecule has 0 aliphatic rings. The quantitative estimate of drug-likeness (QED) is 0.431. The van der Waals surface area contributed by atoms with Crippen LogP contribution in [0.15, 0.2) is 35.1 Å². The van der Waals surface area contributed by atoms with Crippen LogP contribution in [0.2, 0.25) is 0 Å². The van der Waals surface area contributed by atoms with Crippen LogP contribution >= 0.6 is 0 Å². The number of carbonyl (C=O) groups is 1. The molecule has 3 rings (SSSR count). The van der Waals surface area contributed by atoms with Gasteiger partial charge >= 0.3 is 0 Å². The van der Waals surface area contributed by atoms with Crippen LogP contribution in [-0.2, 0) is 4.84 Å². The normalized spacial score (nSPS) is 10.7. The van der Waals surface area contributed by atoms with E-state index in [1.807, 2.05) is 19.3 Å². The molecule has 0 aliphatic carbocycles. The average Bonchev–Trinajstić information content (AvgIpc) is 3.22. The summed E-state index contributed by atoms with van der Waals surface area (Å²) in [6.07, 6.45) is -0.0517. The summed E-state index contributed by atoms with van der Waals surface area (Å²) in [5.74, 6) is -2.46. The van der Waals surface area contributed by atoms with E-state index in [9.17, 15) is 13.6 Å². The van der Waals surface area contributed by atoms with Gasteiger partial charge in [0, 0.05) is 0 Å². The Hall–Kier alpha value is -3.08. The number of carbonyl (C=O) groups excluding carboxylic acids is 1. The first-order valence-corrected chi connectivity index (χ1v) is 9.21. The molecule has 0 spiro atoms. The minimum absolute atomic E-state index is 0.00144. The maximum Gasteiger partial charge on any atom is 0.277 e. The summed E-state index contributed by atoms with van der Waals surface area (Å²) in [7, 11) is 0. The molecule has 1 heterocycles. The maximum atomic E-state index is 14.9. The molecule has 0 saturated carbocycles. The van der Waals surface area contributed by atoms with Gasteiger partial charge in [-0.15, -0.1) is 0 Å². The van der Waals surface area contributed by atoms with Gasteiger partial charge in [-0.1, -0.05) is 19.9 Å². The van der Waals surface area contributed by atoms with Crippen molar-refractivity contribution < 1.29 is 33.0 Å². The number of aryl methyl sites for hydroxylation is 1. The zero-order chi connectivity index (χ0) is 22.3. The van der Waals surface area contributed by atoms with Crippen LogP contribution in [0.1, 0.15) is 29.8 Å². The van der Waals surface area contributed by atoms with Gasteiger partial charge in [0.25, 0.3) is 5.91 Å². The molecule has 0 atom stereocenters. The third-order valence-corrected chi connectivity index (χ3v) is 3.92. The number of nitrogens with zero attached hydrogens (tertiary/aromatic N) is 1. The molecule has 0 fully saturated rings. The monoisotopic (exact) mass is 423 g/mol. The lowest BCUT2D eigenvalue weighted by Crippen LogP contribution is -2.34. The smallest absolute Gasteiger partial charge is 0.277 e. The SMILES string of the molecule is CC.Cc1ccc(Nc2c(C(=O)NOC(CO)CO)cc3ocnc3c2F)c(F)c1. The number of amides is 1. The molecule has 1 aromatic heterocycles. The van der Waals surface area contributed by atoms with Crippen LogP contribution in [0.5, 0.6) is 0 Å². The van der Waals surface area contributed by atoms with Crippen molar-refractivity contribution in [1.82, 2.24) is 10.5 Å². The number of hydrogen-bond donors (Lipinski definition) is 4. The molecule has 0 aliphatic heterocycles. The number of oxazole rings is 1. The average molecular weight is 423 g/mol. The fraction of sp³-hybridized carbons (Fsp3) is 0.300. The second kappa shape index (κ2) is 10.6. The number of aliphatic hydroxyl groups excluding tert-OH is 2. The highest BCUT2D eigenvalue weighted by Crippen LogP contribution is 2.31. The summed E-state index contributed by atoms with van der Waals surface area (Å²) < 4.78 is 34.2. The van der Waals surface area contributed by atoms with Gasteiger partial charge in [0.05, 0.1) is 30.2 Å². The number of anilines is 2. The highest BCUT2D eigenvalue weighted by atomic mass is 19.1. The molecule has 0 radical (unpaired) electrons. The Labute approximate surface area is 171 Å². The summed E-state index contributed by atoms with van der Waals surface area (Å²) in [5, 5.41) is 20.6. The van der Waals surface area contributed by atoms with E-state index in [0.29, 0.717) is 5.56 Å². The van der Waals surface area contributed by atoms with Gasteiger partial charge in [-0.3, -0.25) is 9.63 Å². The Balaban J connectivity index is 0.00000155. The van der Waals surface area contributed by atoms with Gasteiger partial charge in [-0.25, -0.2) is 19.2 Å². The van der Waals surface area contributed by atoms with Crippen molar-refractivity contribution in [2.45, 2.75) is 26.9 Å². The highest BCUT2D eigenvalue weighted by molar-refractivity contribution is 6.03. The van der Waals surface area contributed by atoms with E-state index in [2.05, 4.69) is 10.3 Å². The topological polar surface area (TPSA) is 117 Å². The number of benzene rings is 2. The fourth-order valence-corrected chi connectivity index (χ4v) is 2.44. The minimum atomic E-state index is -1.06. The summed E-state index contributed by atoms with van der Waals surface area (Å²) in [6, 6.07) is 5.49. The number of hydroxylamine groups is 1. The maximum absolute atomic E-state index is 14.9. The van der Waals surface area contributed by atoms with Gasteiger partial charge in [0.15, 0.2) is 17.8 Å². The molecule has 0 bridgehead atoms. The van der Waals surface area contributed by atoms with E-state index in [-0.39, 0.29) is 28.0 Å². The second-order valence-corrected chi connectivity index (χ2v) is 5.96. The molecule has 3 aromatic rings. The standard InChI is InChI=1S/C18H17F2N3O5.C2H6/c1-9-2-3-13(12(19)4-9)22-16-11(18(26)23-28-10(6-24)7-25)5-14-17(15(16)20)21-8-27-14;1-2/h2-5,8,10,22,24-25H,6-7H2,1H3,(H,23,26);1-2H3. The lowest BCUT2D eigenvalue weighted by molar-refractivity contribution is -0.0618. The number of fused-ring (bicyclic) bond motifs is 1. The van der Waals surface area contributed by atoms with E-state index in [0.717, 1.165) is 6.39 Å². The first-order chi connectivity index (χ1) is 14.4. The Bertz CT molecular complexity index is 1010. The molecule has 0 saturated heterocycles. The molecule has 4 N–H and O–H groups in total. The van der Waals surface area contributed by atoms with Crippen molar-refractivity contribution in [3.8, 4) is 0 Å². The summed E-state index contributed by atoms with van der Waals surface area (Å²) >= 11 is 0. The van der Waals surface area contributed by atoms with Crippen LogP contribution in [0.3, 0.4) is 0 Å². The van der Waals surface area contributed by atoms with Crippen molar-refractivity contribution in [3.63, 3.8) is 0 Å². The molecular weight excluding hydrogens is 400 g/mol. The zero-order valence-corrected chi connectivity index (χ0v) is 16.7. The van der Waals surface area contributed by atoms with Crippen LogP contribution in [0.4, 0.5) is 20.2 Å². The molecule has 2 aromatic carbocycles. The third-order valence-electron chi connectivity index (χ3n) is 3.92. The summed E-state index contributed by atoms with van der Waals surface area (Å²) in [4.78, 5) is 21.1. The van der Waals surface area contributed by atoms with Gasteiger partial charge in [0.1, 0.15) is 17.4 Å². The molecule has 1 amide bonds. The van der Waals surface area contributed by atoms with Crippen molar-refractivity contribution >= 4 is 28.4 Å². The van der Waals surface area contributed by atoms with Crippen molar-refractivity contribution in [3.05, 3.63) is 53.4 Å². The minimum Gasteiger partial charge on any atom is -0.443 e. The first kappa shape index (κ1) is 23.2. The van der Waals surface area contributed by atoms with Crippen LogP contribution in [0.25, 0.3) is 11.1 Å². The third kappa shape index (κ3) is 5.09. The van der Waals surface area contributed by atoms with Crippen molar-refractivity contribution in [2.75, 3.05) is 18.5 Å². The van der Waals surface area contributed by atoms with Crippen molar-refractivity contribution in [1.29, 1.82) is 0 Å². The van der Waals surface area contributed by atoms with E-state index < -0.39 is 36.9 Å². The Morgan fingerprint density at radius 2 is 1.93 bits per heavy atom. The number of halogens is 2. The fourth-order valence-electron chi connectivity index (χ4n) is 2.44. The predicted molar refractivity (Wildman–Crippen MR) is 106 cm³/mol. The van der Waals surface area contributed by atoms with Gasteiger partial charge < -0.3 is 19.9 Å². The van der Waals surface area contributed by atoms with E-state index in [4.69, 9.17) is 19.5 Å². The van der Waals surface area contributed by atoms with Crippen LogP contribution in [0, 0.1) is 18.6 Å². The zero-order valence-electron chi connectivity index (χ0n) is 16.7. The molecule has 162 valence electrons. The number of hydrogen-bond acceptors (Lipinski definition) is 7. The number of aromatic nitrogens is 1. The largest absolute Gasteiger partial charge is 0.443 e. The van der Waals surface area contributed by atoms with E-state index in [1.54, 1.807) is 13.0 Å². The predicted octanol–water partition coefficient (Wildman–Crippen LogP) is 3.20. The Morgan fingerprint density at radius 1 is 1.23 bits per heavy atom. The van der Waals surface area contributed by atoms with Crippen molar-refractivity contribution in [2.24, 2.45) is 0 Å². The Morgan fingerprint density at radius 3 is 2.57 bits per heavy atom. The molecule has 0 unspecified atom stereocenters. The number of aliphatic hydroxyl groups is 2. The van der Waals surface area contributed by atoms with Crippen LogP contribution in [-0.4, -0.2) is 40.4 Å². The summed E-state index contributed by atoms with van der Waals surface area (Å²) in [6.45, 7) is 4.60. The Kier molecular flexibility index (Phi) is 8.22. The molecule has 30 heavy (non-hydrogen) atoms. The van der Waals surface area contributed by atoms with Gasteiger partial charge in [0.2, 0.25) is 0 Å². The number of rotatable bonds is 7. The summed E-state index contributed by atoms with van der Waals surface area (Å²) in [5.41, 5.74) is 1.90. The second-order valence-electron chi connectivity index (χ2n) is 5.96. The van der Waals surface area contributed by atoms with Crippen LogP contribution < -0.4 is 10.8 Å². The lowest BCUT2D eigenvalue weighted by Gasteiger charge is -2.16. The highest BCUT2D eigenvalue weighted by Gasteiger charge is 2.23. The molecular formula is C20H23F2N3O5.